The average molecular weight is 400 g/mol. The van der Waals surface area contributed by atoms with E-state index in [1.165, 1.54) is 6.07 Å². The summed E-state index contributed by atoms with van der Waals surface area (Å²) in [5, 5.41) is 4.27. The molecule has 6 heteroatoms. The number of benzene rings is 2. The van der Waals surface area contributed by atoms with Crippen LogP contribution in [0.3, 0.4) is 0 Å². The minimum absolute atomic E-state index is 0.0124. The van der Waals surface area contributed by atoms with Crippen LogP contribution in [0.25, 0.3) is 0 Å². The van der Waals surface area contributed by atoms with Crippen molar-refractivity contribution in [3.63, 3.8) is 0 Å². The Morgan fingerprint density at radius 1 is 1.04 bits per heavy atom. The molecule has 1 N–H and O–H groups in total. The Morgan fingerprint density at radius 2 is 1.73 bits per heavy atom. The zero-order chi connectivity index (χ0) is 19.3. The molecule has 0 unspecified atom stereocenters. The van der Waals surface area contributed by atoms with Crippen molar-refractivity contribution in [3.8, 4) is 11.5 Å². The topological polar surface area (TPSA) is 30.5 Å². The van der Waals surface area contributed by atoms with Crippen LogP contribution in [-0.4, -0.2) is 12.1 Å². The fourth-order valence-corrected chi connectivity index (χ4v) is 2.71. The molecule has 0 spiro atoms. The lowest BCUT2D eigenvalue weighted by atomic mass is 10.1. The summed E-state index contributed by atoms with van der Waals surface area (Å²) in [4.78, 5) is 0. The molecule has 2 rings (SSSR count). The van der Waals surface area contributed by atoms with Gasteiger partial charge in [0.25, 0.3) is 0 Å². The van der Waals surface area contributed by atoms with Gasteiger partial charge in [0.15, 0.2) is 11.5 Å². The summed E-state index contributed by atoms with van der Waals surface area (Å²) in [5.74, 6) is 0.610. The van der Waals surface area contributed by atoms with Crippen molar-refractivity contribution >= 4 is 23.2 Å². The van der Waals surface area contributed by atoms with E-state index in [0.717, 1.165) is 5.56 Å². The maximum absolute atomic E-state index is 13.9. The highest BCUT2D eigenvalue weighted by Crippen LogP contribution is 2.35. The third kappa shape index (κ3) is 5.76. The Balaban J connectivity index is 2.23. The number of ether oxygens (including phenoxy) is 2. The van der Waals surface area contributed by atoms with E-state index in [0.29, 0.717) is 40.3 Å². The van der Waals surface area contributed by atoms with Crippen molar-refractivity contribution in [1.82, 2.24) is 5.32 Å². The fourth-order valence-electron chi connectivity index (χ4n) is 2.27. The van der Waals surface area contributed by atoms with Gasteiger partial charge in [-0.05, 0) is 51.5 Å². The summed E-state index contributed by atoms with van der Waals surface area (Å²) in [7, 11) is 0. The van der Waals surface area contributed by atoms with E-state index in [9.17, 15) is 4.39 Å². The lowest BCUT2D eigenvalue weighted by Gasteiger charge is -2.22. The zero-order valence-electron chi connectivity index (χ0n) is 15.5. The highest BCUT2D eigenvalue weighted by atomic mass is 35.5. The summed E-state index contributed by atoms with van der Waals surface area (Å²) in [6.45, 7) is 9.20. The number of nitrogens with one attached hydrogen (secondary N) is 1. The molecule has 0 fully saturated rings. The maximum Gasteiger partial charge on any atom is 0.163 e. The first-order valence-electron chi connectivity index (χ1n) is 8.47. The summed E-state index contributed by atoms with van der Waals surface area (Å²) in [5.41, 5.74) is 1.17. The van der Waals surface area contributed by atoms with E-state index in [2.05, 4.69) is 26.1 Å². The Bertz CT molecular complexity index is 740. The summed E-state index contributed by atoms with van der Waals surface area (Å²) < 4.78 is 25.4. The van der Waals surface area contributed by atoms with Gasteiger partial charge in [0.1, 0.15) is 12.4 Å². The smallest absolute Gasteiger partial charge is 0.163 e. The van der Waals surface area contributed by atoms with Crippen molar-refractivity contribution in [1.29, 1.82) is 0 Å². The van der Waals surface area contributed by atoms with Gasteiger partial charge in [-0.3, -0.25) is 0 Å². The van der Waals surface area contributed by atoms with Crippen LogP contribution in [0.15, 0.2) is 30.3 Å². The van der Waals surface area contributed by atoms with Crippen molar-refractivity contribution in [2.75, 3.05) is 6.61 Å². The van der Waals surface area contributed by atoms with Gasteiger partial charge in [-0.1, -0.05) is 29.3 Å². The number of hydrogen-bond donors (Lipinski definition) is 1. The summed E-state index contributed by atoms with van der Waals surface area (Å²) in [6, 6.07) is 8.08. The van der Waals surface area contributed by atoms with Crippen LogP contribution in [0.1, 0.15) is 38.8 Å². The molecule has 0 aliphatic heterocycles. The normalized spacial score (nSPS) is 11.5. The molecule has 0 aromatic heterocycles. The van der Waals surface area contributed by atoms with Crippen LogP contribution < -0.4 is 14.8 Å². The van der Waals surface area contributed by atoms with Gasteiger partial charge in [0.05, 0.1) is 11.6 Å². The molecule has 0 aliphatic carbocycles. The van der Waals surface area contributed by atoms with Gasteiger partial charge in [0.2, 0.25) is 0 Å². The third-order valence-electron chi connectivity index (χ3n) is 3.66. The van der Waals surface area contributed by atoms with Crippen LogP contribution in [0.5, 0.6) is 11.5 Å². The summed E-state index contributed by atoms with van der Waals surface area (Å²) in [6.07, 6.45) is 0. The molecule has 0 saturated heterocycles. The van der Waals surface area contributed by atoms with Gasteiger partial charge in [-0.2, -0.15) is 0 Å². The van der Waals surface area contributed by atoms with E-state index >= 15 is 0 Å². The van der Waals surface area contributed by atoms with Crippen LogP contribution in [0, 0.1) is 5.82 Å². The SMILES string of the molecule is CCOc1cc(CNC(C)(C)C)c(Cl)cc1OCc1c(F)cccc1Cl. The van der Waals surface area contributed by atoms with Gasteiger partial charge in [-0.15, -0.1) is 0 Å². The molecule has 0 saturated carbocycles. The predicted molar refractivity (Wildman–Crippen MR) is 105 cm³/mol. The fraction of sp³-hybridized carbons (Fsp3) is 0.400. The standard InChI is InChI=1S/C20H24Cl2FNO2/c1-5-25-18-9-13(11-24-20(2,3)4)16(22)10-19(18)26-12-14-15(21)7-6-8-17(14)23/h6-10,24H,5,11-12H2,1-4H3. The van der Waals surface area contributed by atoms with Crippen molar-refractivity contribution in [2.45, 2.75) is 46.4 Å². The first-order chi connectivity index (χ1) is 12.2. The average Bonchev–Trinajstić information content (AvgIpc) is 2.54. The second-order valence-electron chi connectivity index (χ2n) is 6.92. The van der Waals surface area contributed by atoms with Gasteiger partial charge in [0, 0.05) is 28.7 Å². The Morgan fingerprint density at radius 3 is 2.35 bits per heavy atom. The molecule has 2 aromatic rings. The molecule has 0 bridgehead atoms. The maximum atomic E-state index is 13.9. The van der Waals surface area contributed by atoms with Crippen LogP contribution in [0.2, 0.25) is 10.0 Å². The molecule has 0 heterocycles. The van der Waals surface area contributed by atoms with Gasteiger partial charge >= 0.3 is 0 Å². The molecule has 0 atom stereocenters. The monoisotopic (exact) mass is 399 g/mol. The quantitative estimate of drug-likeness (QED) is 0.619. The number of rotatable bonds is 7. The number of hydrogen-bond acceptors (Lipinski definition) is 3. The van der Waals surface area contributed by atoms with Crippen molar-refractivity contribution in [2.24, 2.45) is 0 Å². The second kappa shape index (κ2) is 8.94. The van der Waals surface area contributed by atoms with Crippen molar-refractivity contribution in [3.05, 3.63) is 57.3 Å². The van der Waals surface area contributed by atoms with Crippen LogP contribution in [0.4, 0.5) is 4.39 Å². The largest absolute Gasteiger partial charge is 0.490 e. The molecular formula is C20H24Cl2FNO2. The van der Waals surface area contributed by atoms with Crippen molar-refractivity contribution < 1.29 is 13.9 Å². The van der Waals surface area contributed by atoms with E-state index in [1.54, 1.807) is 18.2 Å². The third-order valence-corrected chi connectivity index (χ3v) is 4.36. The Hall–Kier alpha value is -1.49. The molecular weight excluding hydrogens is 376 g/mol. The molecule has 0 aliphatic rings. The second-order valence-corrected chi connectivity index (χ2v) is 7.73. The Kier molecular flexibility index (Phi) is 7.16. The predicted octanol–water partition coefficient (Wildman–Crippen LogP) is 6.00. The highest BCUT2D eigenvalue weighted by Gasteiger charge is 2.15. The first kappa shape index (κ1) is 20.8. The minimum atomic E-state index is -0.410. The molecule has 2 aromatic carbocycles. The lowest BCUT2D eigenvalue weighted by molar-refractivity contribution is 0.265. The molecule has 0 amide bonds. The van der Waals surface area contributed by atoms with Crippen LogP contribution in [-0.2, 0) is 13.2 Å². The molecule has 26 heavy (non-hydrogen) atoms. The molecule has 0 radical (unpaired) electrons. The van der Waals surface area contributed by atoms with E-state index in [4.69, 9.17) is 32.7 Å². The zero-order valence-corrected chi connectivity index (χ0v) is 17.0. The Labute approximate surface area is 164 Å². The van der Waals surface area contributed by atoms with E-state index in [1.807, 2.05) is 13.0 Å². The highest BCUT2D eigenvalue weighted by molar-refractivity contribution is 6.31. The minimum Gasteiger partial charge on any atom is -0.490 e. The molecule has 3 nitrogen and oxygen atoms in total. The first-order valence-corrected chi connectivity index (χ1v) is 9.22. The van der Waals surface area contributed by atoms with E-state index in [-0.39, 0.29) is 12.1 Å². The number of halogens is 3. The van der Waals surface area contributed by atoms with E-state index < -0.39 is 5.82 Å². The molecule has 142 valence electrons. The van der Waals surface area contributed by atoms with Crippen LogP contribution >= 0.6 is 23.2 Å². The van der Waals surface area contributed by atoms with Gasteiger partial charge < -0.3 is 14.8 Å². The summed E-state index contributed by atoms with van der Waals surface area (Å²) >= 11 is 12.5. The lowest BCUT2D eigenvalue weighted by Crippen LogP contribution is -2.35. The van der Waals surface area contributed by atoms with Gasteiger partial charge in [-0.25, -0.2) is 4.39 Å².